The van der Waals surface area contributed by atoms with Crippen LogP contribution >= 0.6 is 11.3 Å². The van der Waals surface area contributed by atoms with Gasteiger partial charge in [-0.1, -0.05) is 6.92 Å². The summed E-state index contributed by atoms with van der Waals surface area (Å²) in [5.41, 5.74) is 1.42. The highest BCUT2D eigenvalue weighted by atomic mass is 32.1. The molecule has 1 N–H and O–H groups in total. The predicted octanol–water partition coefficient (Wildman–Crippen LogP) is 2.89. The third-order valence-electron chi connectivity index (χ3n) is 2.99. The minimum atomic E-state index is 0.373. The van der Waals surface area contributed by atoms with Gasteiger partial charge in [-0.25, -0.2) is 0 Å². The molecule has 2 nitrogen and oxygen atoms in total. The van der Waals surface area contributed by atoms with Gasteiger partial charge >= 0.3 is 0 Å². The molecule has 1 aromatic heterocycles. The summed E-state index contributed by atoms with van der Waals surface area (Å²) in [7, 11) is 0. The first kappa shape index (κ1) is 11.1. The van der Waals surface area contributed by atoms with Crippen molar-refractivity contribution in [2.24, 2.45) is 0 Å². The number of hydrogen-bond donors (Lipinski definition) is 1. The van der Waals surface area contributed by atoms with Crippen LogP contribution in [0.4, 0.5) is 0 Å². The third kappa shape index (κ3) is 2.41. The Kier molecular flexibility index (Phi) is 3.78. The van der Waals surface area contributed by atoms with E-state index in [4.69, 9.17) is 4.74 Å². The molecule has 0 spiro atoms. The molecule has 1 aromatic rings. The molecule has 1 aliphatic rings. The smallest absolute Gasteiger partial charge is 0.0770 e. The number of hydrogen-bond acceptors (Lipinski definition) is 3. The molecule has 0 aromatic carbocycles. The Morgan fingerprint density at radius 1 is 1.67 bits per heavy atom. The van der Waals surface area contributed by atoms with E-state index in [1.54, 1.807) is 0 Å². The van der Waals surface area contributed by atoms with Crippen molar-refractivity contribution in [3.05, 3.63) is 21.9 Å². The largest absolute Gasteiger partial charge is 0.376 e. The number of thiophene rings is 1. The van der Waals surface area contributed by atoms with Crippen LogP contribution in [-0.2, 0) is 4.74 Å². The van der Waals surface area contributed by atoms with E-state index in [0.717, 1.165) is 13.2 Å². The minimum absolute atomic E-state index is 0.373. The molecule has 15 heavy (non-hydrogen) atoms. The monoisotopic (exact) mass is 225 g/mol. The Morgan fingerprint density at radius 2 is 2.53 bits per heavy atom. The van der Waals surface area contributed by atoms with Gasteiger partial charge in [-0.15, -0.1) is 11.3 Å². The van der Waals surface area contributed by atoms with Crippen LogP contribution in [0, 0.1) is 6.92 Å². The molecule has 2 unspecified atom stereocenters. The van der Waals surface area contributed by atoms with Crippen LogP contribution < -0.4 is 5.32 Å². The van der Waals surface area contributed by atoms with Crippen molar-refractivity contribution in [2.45, 2.75) is 38.8 Å². The van der Waals surface area contributed by atoms with E-state index in [2.05, 4.69) is 30.6 Å². The molecule has 1 fully saturated rings. The van der Waals surface area contributed by atoms with Crippen molar-refractivity contribution in [3.8, 4) is 0 Å². The van der Waals surface area contributed by atoms with Gasteiger partial charge in [0.05, 0.1) is 12.1 Å². The minimum Gasteiger partial charge on any atom is -0.376 e. The fourth-order valence-electron chi connectivity index (χ4n) is 2.24. The molecule has 2 atom stereocenters. The first-order chi connectivity index (χ1) is 7.33. The molecule has 0 radical (unpaired) electrons. The van der Waals surface area contributed by atoms with Gasteiger partial charge in [0.1, 0.15) is 0 Å². The van der Waals surface area contributed by atoms with E-state index >= 15 is 0 Å². The molecule has 3 heteroatoms. The lowest BCUT2D eigenvalue weighted by molar-refractivity contribution is 0.0788. The Labute approximate surface area is 95.6 Å². The molecule has 84 valence electrons. The molecular weight excluding hydrogens is 206 g/mol. The van der Waals surface area contributed by atoms with Crippen LogP contribution in [-0.4, -0.2) is 19.3 Å². The molecular formula is C12H19NOS. The van der Waals surface area contributed by atoms with E-state index in [9.17, 15) is 0 Å². The lowest BCUT2D eigenvalue weighted by Crippen LogP contribution is -2.31. The van der Waals surface area contributed by atoms with E-state index < -0.39 is 0 Å². The summed E-state index contributed by atoms with van der Waals surface area (Å²) in [4.78, 5) is 1.41. The van der Waals surface area contributed by atoms with Crippen LogP contribution in [0.25, 0.3) is 0 Å². The maximum Gasteiger partial charge on any atom is 0.0770 e. The van der Waals surface area contributed by atoms with E-state index in [1.165, 1.54) is 23.3 Å². The lowest BCUT2D eigenvalue weighted by atomic mass is 10.0. The van der Waals surface area contributed by atoms with Gasteiger partial charge in [-0.05, 0) is 43.3 Å². The molecule has 0 saturated carbocycles. The Hall–Kier alpha value is -0.380. The van der Waals surface area contributed by atoms with Crippen LogP contribution in [0.5, 0.6) is 0 Å². The van der Waals surface area contributed by atoms with Gasteiger partial charge in [0.15, 0.2) is 0 Å². The summed E-state index contributed by atoms with van der Waals surface area (Å²) < 4.78 is 5.79. The van der Waals surface area contributed by atoms with Crippen LogP contribution in [0.15, 0.2) is 11.4 Å². The van der Waals surface area contributed by atoms with Crippen LogP contribution in [0.2, 0.25) is 0 Å². The Bertz CT molecular complexity index is 304. The van der Waals surface area contributed by atoms with Crippen molar-refractivity contribution in [2.75, 3.05) is 13.2 Å². The number of nitrogens with one attached hydrogen (secondary N) is 1. The second kappa shape index (κ2) is 5.10. The highest BCUT2D eigenvalue weighted by Gasteiger charge is 2.27. The summed E-state index contributed by atoms with van der Waals surface area (Å²) >= 11 is 1.82. The van der Waals surface area contributed by atoms with E-state index in [0.29, 0.717) is 12.1 Å². The first-order valence-corrected chi connectivity index (χ1v) is 6.60. The second-order valence-corrected chi connectivity index (χ2v) is 5.14. The van der Waals surface area contributed by atoms with Gasteiger partial charge in [-0.3, -0.25) is 0 Å². The normalized spacial score (nSPS) is 23.2. The average Bonchev–Trinajstić information content (AvgIpc) is 2.85. The fourth-order valence-corrected chi connectivity index (χ4v) is 2.99. The first-order valence-electron chi connectivity index (χ1n) is 5.72. The molecule has 0 bridgehead atoms. The quantitative estimate of drug-likeness (QED) is 0.850. The van der Waals surface area contributed by atoms with Gasteiger partial charge < -0.3 is 10.1 Å². The van der Waals surface area contributed by atoms with Crippen molar-refractivity contribution in [1.29, 1.82) is 0 Å². The number of aryl methyl sites for hydroxylation is 1. The molecule has 2 heterocycles. The Morgan fingerprint density at radius 3 is 3.07 bits per heavy atom. The Balaban J connectivity index is 2.15. The lowest BCUT2D eigenvalue weighted by Gasteiger charge is -2.24. The van der Waals surface area contributed by atoms with Crippen LogP contribution in [0.3, 0.4) is 0 Å². The van der Waals surface area contributed by atoms with E-state index in [1.807, 2.05) is 11.3 Å². The summed E-state index contributed by atoms with van der Waals surface area (Å²) in [6.45, 7) is 6.28. The molecule has 2 rings (SSSR count). The number of likely N-dealkylation sites (N-methyl/N-ethyl adjacent to an activating group) is 1. The highest BCUT2D eigenvalue weighted by Crippen LogP contribution is 2.30. The van der Waals surface area contributed by atoms with E-state index in [-0.39, 0.29) is 0 Å². The zero-order valence-corrected chi connectivity index (χ0v) is 10.3. The molecule has 1 aliphatic heterocycles. The molecule has 0 aliphatic carbocycles. The summed E-state index contributed by atoms with van der Waals surface area (Å²) in [6, 6.07) is 2.62. The standard InChI is InChI=1S/C12H19NOS/c1-3-13-12(11-5-4-7-14-11)10-6-8-15-9(10)2/h6,8,11-13H,3-5,7H2,1-2H3. The second-order valence-electron chi connectivity index (χ2n) is 4.02. The zero-order chi connectivity index (χ0) is 10.7. The van der Waals surface area contributed by atoms with Gasteiger partial charge in [0.25, 0.3) is 0 Å². The summed E-state index contributed by atoms with van der Waals surface area (Å²) in [6.07, 6.45) is 2.76. The zero-order valence-electron chi connectivity index (χ0n) is 9.45. The predicted molar refractivity (Wildman–Crippen MR) is 64.4 cm³/mol. The summed E-state index contributed by atoms with van der Waals surface area (Å²) in [5, 5.41) is 5.72. The summed E-state index contributed by atoms with van der Waals surface area (Å²) in [5.74, 6) is 0. The SMILES string of the molecule is CCNC(c1ccsc1C)C1CCCO1. The van der Waals surface area contributed by atoms with Crippen molar-refractivity contribution in [1.82, 2.24) is 5.32 Å². The average molecular weight is 225 g/mol. The van der Waals surface area contributed by atoms with Gasteiger partial charge in [0, 0.05) is 11.5 Å². The van der Waals surface area contributed by atoms with Crippen LogP contribution in [0.1, 0.15) is 36.2 Å². The maximum atomic E-state index is 5.79. The number of rotatable bonds is 4. The number of ether oxygens (including phenoxy) is 1. The molecule has 0 amide bonds. The van der Waals surface area contributed by atoms with Crippen molar-refractivity contribution >= 4 is 11.3 Å². The molecule has 1 saturated heterocycles. The van der Waals surface area contributed by atoms with Crippen molar-refractivity contribution < 1.29 is 4.74 Å². The van der Waals surface area contributed by atoms with Gasteiger partial charge in [-0.2, -0.15) is 0 Å². The fraction of sp³-hybridized carbons (Fsp3) is 0.667. The third-order valence-corrected chi connectivity index (χ3v) is 3.86. The van der Waals surface area contributed by atoms with Gasteiger partial charge in [0.2, 0.25) is 0 Å². The topological polar surface area (TPSA) is 21.3 Å². The van der Waals surface area contributed by atoms with Crippen molar-refractivity contribution in [3.63, 3.8) is 0 Å². The maximum absolute atomic E-state index is 5.79. The highest BCUT2D eigenvalue weighted by molar-refractivity contribution is 7.10.